The van der Waals surface area contributed by atoms with Gasteiger partial charge in [0.05, 0.1) is 0 Å². The van der Waals surface area contributed by atoms with Gasteiger partial charge in [0.2, 0.25) is 0 Å². The van der Waals surface area contributed by atoms with E-state index >= 15 is 0 Å². The van der Waals surface area contributed by atoms with Crippen molar-refractivity contribution in [3.8, 4) is 0 Å². The van der Waals surface area contributed by atoms with Gasteiger partial charge in [-0.1, -0.05) is 37.6 Å². The third-order valence-electron chi connectivity index (χ3n) is 2.07. The van der Waals surface area contributed by atoms with Crippen LogP contribution in [0, 0.1) is 0 Å². The fourth-order valence-corrected chi connectivity index (χ4v) is 1.74. The summed E-state index contributed by atoms with van der Waals surface area (Å²) in [6, 6.07) is 6.17. The average molecular weight is 332 g/mol. The zero-order chi connectivity index (χ0) is 10.6. The summed E-state index contributed by atoms with van der Waals surface area (Å²) >= 11 is 0. The molecule has 0 aliphatic carbocycles. The molecule has 1 rings (SSSR count). The minimum Gasteiger partial charge on any atom is -1.00 e. The molecule has 0 heterocycles. The van der Waals surface area contributed by atoms with E-state index in [1.54, 1.807) is 12.1 Å². The van der Waals surface area contributed by atoms with Gasteiger partial charge >= 0.3 is 46.1 Å². The minimum atomic E-state index is -4.56. The van der Waals surface area contributed by atoms with Crippen LogP contribution >= 0.6 is 7.60 Å². The number of halogens is 2. The van der Waals surface area contributed by atoms with Gasteiger partial charge in [-0.15, -0.1) is 0 Å². The summed E-state index contributed by atoms with van der Waals surface area (Å²) in [5.74, 6) is 0. The first-order valence-electron chi connectivity index (χ1n) is 4.65. The Kier molecular flexibility index (Phi) is 20.8. The maximum Gasteiger partial charge on any atom is 2.00 e. The molecule has 0 aliphatic heterocycles. The van der Waals surface area contributed by atoms with Crippen molar-refractivity contribution in [2.24, 2.45) is 0 Å². The maximum absolute atomic E-state index is 10.6. The molecular weight excluding hydrogens is 319 g/mol. The van der Waals surface area contributed by atoms with Crippen LogP contribution in [-0.2, 0) is 11.0 Å². The summed E-state index contributed by atoms with van der Waals surface area (Å²) in [5.41, 5.74) is 1.07. The van der Waals surface area contributed by atoms with Crippen LogP contribution in [-0.4, -0.2) is 46.1 Å². The second-order valence-corrected chi connectivity index (χ2v) is 4.78. The van der Waals surface area contributed by atoms with Gasteiger partial charge in [0, 0.05) is 0 Å². The first kappa shape index (κ1) is 27.8. The zero-order valence-electron chi connectivity index (χ0n) is 10.3. The predicted molar refractivity (Wildman–Crippen MR) is 63.8 cm³/mol. The van der Waals surface area contributed by atoms with Gasteiger partial charge in [-0.25, -0.2) is 0 Å². The summed E-state index contributed by atoms with van der Waals surface area (Å²) in [5, 5.41) is -0.127. The molecule has 0 unspecified atom stereocenters. The molecule has 0 N–H and O–H groups in total. The van der Waals surface area contributed by atoms with Gasteiger partial charge in [-0.05, 0) is 31.3 Å². The van der Waals surface area contributed by atoms with Crippen LogP contribution in [0.1, 0.15) is 25.3 Å². The van der Waals surface area contributed by atoms with E-state index in [2.05, 4.69) is 6.92 Å². The monoisotopic (exact) mass is 330 g/mol. The third kappa shape index (κ3) is 10.3. The van der Waals surface area contributed by atoms with Crippen molar-refractivity contribution >= 4 is 59.0 Å². The largest absolute Gasteiger partial charge is 2.00 e. The molecule has 8 heteroatoms. The van der Waals surface area contributed by atoms with Gasteiger partial charge in [0.1, 0.15) is 0 Å². The fourth-order valence-electron chi connectivity index (χ4n) is 1.23. The van der Waals surface area contributed by atoms with Crippen LogP contribution in [0.25, 0.3) is 0 Å². The van der Waals surface area contributed by atoms with Crippen LogP contribution in [0.5, 0.6) is 0 Å². The quantitative estimate of drug-likeness (QED) is 0.407. The normalized spacial score (nSPS) is 9.06. The van der Waals surface area contributed by atoms with Gasteiger partial charge in [0.15, 0.2) is 0 Å². The summed E-state index contributed by atoms with van der Waals surface area (Å²) in [4.78, 5) is 21.3. The van der Waals surface area contributed by atoms with Crippen molar-refractivity contribution in [3.05, 3.63) is 29.8 Å². The molecule has 1 aromatic carbocycles. The summed E-state index contributed by atoms with van der Waals surface area (Å²) in [6.07, 6.45) is 3.11. The predicted octanol–water partition coefficient (Wildman–Crippen LogP) is -6.19. The van der Waals surface area contributed by atoms with Crippen LogP contribution < -0.4 is 39.9 Å². The van der Waals surface area contributed by atoms with Crippen molar-refractivity contribution in [2.75, 3.05) is 0 Å². The van der Waals surface area contributed by atoms with E-state index in [1.165, 1.54) is 12.1 Å². The molecule has 0 bridgehead atoms. The molecule has 0 aliphatic rings. The number of hydrogen-bond donors (Lipinski definition) is 0. The maximum atomic E-state index is 10.6. The van der Waals surface area contributed by atoms with Gasteiger partial charge in [0.25, 0.3) is 0 Å². The molecule has 0 fully saturated rings. The SMILES string of the molecule is CCCCc1ccc(P(=O)([O-])[O-])cc1.[Cl-].[Cl-].[Mg+2].[Mg+2]. The summed E-state index contributed by atoms with van der Waals surface area (Å²) < 4.78 is 10.6. The van der Waals surface area contributed by atoms with Crippen LogP contribution in [0.4, 0.5) is 0 Å². The van der Waals surface area contributed by atoms with Crippen LogP contribution in [0.15, 0.2) is 24.3 Å². The first-order valence-corrected chi connectivity index (χ1v) is 6.20. The Bertz CT molecular complexity index is 343. The smallest absolute Gasteiger partial charge is 1.00 e. The topological polar surface area (TPSA) is 63.2 Å². The second-order valence-electron chi connectivity index (χ2n) is 3.27. The molecule has 0 amide bonds. The molecule has 18 heavy (non-hydrogen) atoms. The van der Waals surface area contributed by atoms with Gasteiger partial charge in [-0.2, -0.15) is 0 Å². The van der Waals surface area contributed by atoms with E-state index in [1.807, 2.05) is 0 Å². The third-order valence-corrected chi connectivity index (χ3v) is 3.00. The summed E-state index contributed by atoms with van der Waals surface area (Å²) in [7, 11) is -4.56. The Morgan fingerprint density at radius 3 is 1.83 bits per heavy atom. The number of unbranched alkanes of at least 4 members (excludes halogenated alkanes) is 1. The molecule has 0 radical (unpaired) electrons. The minimum absolute atomic E-state index is 0. The van der Waals surface area contributed by atoms with Crippen molar-refractivity contribution < 1.29 is 39.2 Å². The number of hydrogen-bond acceptors (Lipinski definition) is 3. The van der Waals surface area contributed by atoms with Crippen molar-refractivity contribution in [1.29, 1.82) is 0 Å². The molecule has 94 valence electrons. The standard InChI is InChI=1S/C10H15O3P.2ClH.2Mg/c1-2-3-4-9-5-7-10(8-6-9)14(11,12)13;;;;/h5-8H,2-4H2,1H3,(H2,11,12,13);2*1H;;/q;;;2*+2/p-4. The Labute approximate surface area is 153 Å². The fraction of sp³-hybridized carbons (Fsp3) is 0.400. The average Bonchev–Trinajstić information content (AvgIpc) is 2.14. The molecule has 0 atom stereocenters. The summed E-state index contributed by atoms with van der Waals surface area (Å²) in [6.45, 7) is 2.10. The first-order chi connectivity index (χ1) is 6.54. The van der Waals surface area contributed by atoms with E-state index < -0.39 is 7.60 Å². The van der Waals surface area contributed by atoms with Crippen molar-refractivity contribution in [2.45, 2.75) is 26.2 Å². The van der Waals surface area contributed by atoms with E-state index in [9.17, 15) is 14.4 Å². The molecule has 1 aromatic rings. The Morgan fingerprint density at radius 1 is 1.06 bits per heavy atom. The zero-order valence-corrected chi connectivity index (χ0v) is 15.5. The van der Waals surface area contributed by atoms with Crippen molar-refractivity contribution in [3.63, 3.8) is 0 Å². The van der Waals surface area contributed by atoms with Gasteiger partial charge < -0.3 is 39.2 Å². The van der Waals surface area contributed by atoms with Gasteiger partial charge in [-0.3, -0.25) is 0 Å². The molecular formula is C10H13Cl2Mg2O3P. The second kappa shape index (κ2) is 13.5. The van der Waals surface area contributed by atoms with E-state index in [0.717, 1.165) is 24.8 Å². The van der Waals surface area contributed by atoms with E-state index in [-0.39, 0.29) is 76.2 Å². The molecule has 3 nitrogen and oxygen atoms in total. The Hall–Kier alpha value is 1.48. The molecule has 0 saturated heterocycles. The molecule has 0 spiro atoms. The van der Waals surface area contributed by atoms with Crippen molar-refractivity contribution in [1.82, 2.24) is 0 Å². The van der Waals surface area contributed by atoms with E-state index in [0.29, 0.717) is 0 Å². The number of benzene rings is 1. The number of rotatable bonds is 4. The number of aryl methyl sites for hydroxylation is 1. The van der Waals surface area contributed by atoms with Crippen LogP contribution in [0.3, 0.4) is 0 Å². The molecule has 0 saturated carbocycles. The Balaban J connectivity index is -0.000000245. The van der Waals surface area contributed by atoms with E-state index in [4.69, 9.17) is 0 Å². The Morgan fingerprint density at radius 2 is 1.50 bits per heavy atom. The van der Waals surface area contributed by atoms with Crippen LogP contribution in [0.2, 0.25) is 0 Å². The molecule has 0 aromatic heterocycles.